The van der Waals surface area contributed by atoms with Gasteiger partial charge in [-0.2, -0.15) is 0 Å². The molecule has 0 unspecified atom stereocenters. The van der Waals surface area contributed by atoms with Crippen molar-refractivity contribution in [3.8, 4) is 0 Å². The van der Waals surface area contributed by atoms with E-state index in [2.05, 4.69) is 4.98 Å². The molecule has 0 aliphatic rings. The summed E-state index contributed by atoms with van der Waals surface area (Å²) in [7, 11) is 0. The normalized spacial score (nSPS) is 10.8. The highest BCUT2D eigenvalue weighted by molar-refractivity contribution is 7.99. The molecular formula is C18H15NO2S. The highest BCUT2D eigenvalue weighted by Crippen LogP contribution is 2.36. The van der Waals surface area contributed by atoms with Crippen molar-refractivity contribution >= 4 is 28.6 Å². The average molecular weight is 309 g/mol. The fourth-order valence-electron chi connectivity index (χ4n) is 2.45. The molecule has 3 nitrogen and oxygen atoms in total. The van der Waals surface area contributed by atoms with Gasteiger partial charge in [-0.3, -0.25) is 4.98 Å². The number of benzene rings is 2. The number of aryl methyl sites for hydroxylation is 2. The molecule has 1 heterocycles. The average Bonchev–Trinajstić information content (AvgIpc) is 2.47. The third-order valence-corrected chi connectivity index (χ3v) is 4.63. The summed E-state index contributed by atoms with van der Waals surface area (Å²) in [5, 5.41) is 10.4. The summed E-state index contributed by atoms with van der Waals surface area (Å²) >= 11 is 1.45. The Morgan fingerprint density at radius 1 is 1.09 bits per heavy atom. The van der Waals surface area contributed by atoms with Crippen molar-refractivity contribution in [1.29, 1.82) is 0 Å². The van der Waals surface area contributed by atoms with Gasteiger partial charge in [0.1, 0.15) is 0 Å². The van der Waals surface area contributed by atoms with E-state index in [-0.39, 0.29) is 0 Å². The Hall–Kier alpha value is -2.33. The quantitative estimate of drug-likeness (QED) is 0.762. The molecule has 22 heavy (non-hydrogen) atoms. The van der Waals surface area contributed by atoms with E-state index in [9.17, 15) is 9.90 Å². The van der Waals surface area contributed by atoms with Crippen LogP contribution in [0.3, 0.4) is 0 Å². The zero-order valence-corrected chi connectivity index (χ0v) is 13.1. The second kappa shape index (κ2) is 5.81. The number of carbonyl (C=O) groups is 1. The van der Waals surface area contributed by atoms with Gasteiger partial charge < -0.3 is 5.11 Å². The fourth-order valence-corrected chi connectivity index (χ4v) is 3.57. The summed E-state index contributed by atoms with van der Waals surface area (Å²) in [6.07, 6.45) is 0. The van der Waals surface area contributed by atoms with Crippen LogP contribution < -0.4 is 0 Å². The van der Waals surface area contributed by atoms with E-state index in [0.29, 0.717) is 21.4 Å². The molecule has 0 atom stereocenters. The minimum atomic E-state index is -0.920. The molecule has 0 saturated heterocycles. The molecule has 110 valence electrons. The van der Waals surface area contributed by atoms with Crippen LogP contribution in [0, 0.1) is 13.8 Å². The van der Waals surface area contributed by atoms with Gasteiger partial charge in [-0.05, 0) is 32.0 Å². The first-order valence-corrected chi connectivity index (χ1v) is 7.75. The molecule has 2 aromatic carbocycles. The van der Waals surface area contributed by atoms with Gasteiger partial charge in [0.25, 0.3) is 0 Å². The Labute approximate surface area is 133 Å². The maximum absolute atomic E-state index is 11.8. The van der Waals surface area contributed by atoms with Crippen LogP contribution in [0.5, 0.6) is 0 Å². The Bertz CT molecular complexity index is 874. The van der Waals surface area contributed by atoms with Gasteiger partial charge in [0, 0.05) is 15.2 Å². The lowest BCUT2D eigenvalue weighted by atomic mass is 10.1. The molecule has 1 N–H and O–H groups in total. The summed E-state index contributed by atoms with van der Waals surface area (Å²) in [5.41, 5.74) is 2.93. The summed E-state index contributed by atoms with van der Waals surface area (Å²) in [5.74, 6) is -0.920. The summed E-state index contributed by atoms with van der Waals surface area (Å²) in [4.78, 5) is 18.1. The first-order valence-electron chi connectivity index (χ1n) is 6.93. The van der Waals surface area contributed by atoms with Crippen LogP contribution in [0.2, 0.25) is 0 Å². The zero-order valence-electron chi connectivity index (χ0n) is 12.3. The van der Waals surface area contributed by atoms with Crippen molar-refractivity contribution in [2.75, 3.05) is 0 Å². The number of aromatic carboxylic acids is 1. The number of carboxylic acids is 1. The smallest absolute Gasteiger partial charge is 0.337 e. The Balaban J connectivity index is 2.22. The number of pyridine rings is 1. The van der Waals surface area contributed by atoms with E-state index in [1.807, 2.05) is 62.4 Å². The van der Waals surface area contributed by atoms with Crippen molar-refractivity contribution < 1.29 is 9.90 Å². The van der Waals surface area contributed by atoms with Gasteiger partial charge >= 0.3 is 5.97 Å². The minimum absolute atomic E-state index is 0.328. The van der Waals surface area contributed by atoms with Gasteiger partial charge in [0.15, 0.2) is 0 Å². The van der Waals surface area contributed by atoms with E-state index in [1.54, 1.807) is 0 Å². The molecule has 0 fully saturated rings. The van der Waals surface area contributed by atoms with E-state index in [0.717, 1.165) is 16.2 Å². The Kier molecular flexibility index (Phi) is 3.86. The molecule has 1 aromatic heterocycles. The molecule has 3 aromatic rings. The Morgan fingerprint density at radius 3 is 2.59 bits per heavy atom. The van der Waals surface area contributed by atoms with Crippen LogP contribution in [-0.2, 0) is 0 Å². The number of para-hydroxylation sites is 1. The van der Waals surface area contributed by atoms with Crippen LogP contribution in [0.4, 0.5) is 0 Å². The van der Waals surface area contributed by atoms with Crippen molar-refractivity contribution in [3.05, 3.63) is 65.4 Å². The van der Waals surface area contributed by atoms with Crippen LogP contribution in [0.1, 0.15) is 21.6 Å². The van der Waals surface area contributed by atoms with Crippen molar-refractivity contribution in [3.63, 3.8) is 0 Å². The maximum atomic E-state index is 11.8. The number of rotatable bonds is 3. The molecule has 0 aliphatic heterocycles. The molecule has 0 saturated carbocycles. The van der Waals surface area contributed by atoms with Crippen molar-refractivity contribution in [1.82, 2.24) is 4.98 Å². The number of hydrogen-bond donors (Lipinski definition) is 1. The molecule has 0 radical (unpaired) electrons. The summed E-state index contributed by atoms with van der Waals surface area (Å²) < 4.78 is 0. The lowest BCUT2D eigenvalue weighted by Crippen LogP contribution is -2.04. The SMILES string of the molecule is Cc1cccc(Sc2c(C)nc3ccccc3c2C(=O)O)c1. The first-order chi connectivity index (χ1) is 10.6. The zero-order chi connectivity index (χ0) is 15.7. The second-order valence-electron chi connectivity index (χ2n) is 5.14. The van der Waals surface area contributed by atoms with Gasteiger partial charge in [0.05, 0.1) is 16.8 Å². The van der Waals surface area contributed by atoms with E-state index < -0.39 is 5.97 Å². The third-order valence-electron chi connectivity index (χ3n) is 3.44. The molecule has 4 heteroatoms. The minimum Gasteiger partial charge on any atom is -0.478 e. The van der Waals surface area contributed by atoms with Crippen molar-refractivity contribution in [2.45, 2.75) is 23.6 Å². The van der Waals surface area contributed by atoms with Gasteiger partial charge in [-0.1, -0.05) is 47.7 Å². The van der Waals surface area contributed by atoms with Crippen LogP contribution in [0.15, 0.2) is 58.3 Å². The highest BCUT2D eigenvalue weighted by Gasteiger charge is 2.19. The van der Waals surface area contributed by atoms with E-state index in [1.165, 1.54) is 11.8 Å². The summed E-state index contributed by atoms with van der Waals surface area (Å²) in [6, 6.07) is 15.4. The van der Waals surface area contributed by atoms with Gasteiger partial charge in [-0.15, -0.1) is 0 Å². The lowest BCUT2D eigenvalue weighted by molar-refractivity contribution is 0.0695. The lowest BCUT2D eigenvalue weighted by Gasteiger charge is -2.12. The van der Waals surface area contributed by atoms with Crippen LogP contribution in [-0.4, -0.2) is 16.1 Å². The standard InChI is InChI=1S/C18H15NO2S/c1-11-6-5-7-13(10-11)22-17-12(2)19-15-9-4-3-8-14(15)16(17)18(20)21/h3-10H,1-2H3,(H,20,21). The highest BCUT2D eigenvalue weighted by atomic mass is 32.2. The van der Waals surface area contributed by atoms with Gasteiger partial charge in [-0.25, -0.2) is 4.79 Å². The number of carboxylic acid groups (broad SMARTS) is 1. The van der Waals surface area contributed by atoms with Crippen LogP contribution in [0.25, 0.3) is 10.9 Å². The molecule has 0 bridgehead atoms. The first kappa shape index (κ1) is 14.6. The van der Waals surface area contributed by atoms with Crippen LogP contribution >= 0.6 is 11.8 Å². The maximum Gasteiger partial charge on any atom is 0.337 e. The molecule has 0 amide bonds. The number of hydrogen-bond acceptors (Lipinski definition) is 3. The molecular weight excluding hydrogens is 294 g/mol. The molecule has 3 rings (SSSR count). The number of fused-ring (bicyclic) bond motifs is 1. The van der Waals surface area contributed by atoms with E-state index >= 15 is 0 Å². The van der Waals surface area contributed by atoms with Gasteiger partial charge in [0.2, 0.25) is 0 Å². The fraction of sp³-hybridized carbons (Fsp3) is 0.111. The number of aromatic nitrogens is 1. The second-order valence-corrected chi connectivity index (χ2v) is 6.23. The summed E-state index contributed by atoms with van der Waals surface area (Å²) in [6.45, 7) is 3.88. The Morgan fingerprint density at radius 2 is 1.86 bits per heavy atom. The predicted octanol–water partition coefficient (Wildman–Crippen LogP) is 4.70. The molecule has 0 spiro atoms. The largest absolute Gasteiger partial charge is 0.478 e. The van der Waals surface area contributed by atoms with Crippen molar-refractivity contribution in [2.24, 2.45) is 0 Å². The topological polar surface area (TPSA) is 50.2 Å². The predicted molar refractivity (Wildman–Crippen MR) is 88.7 cm³/mol. The van der Waals surface area contributed by atoms with E-state index in [4.69, 9.17) is 0 Å². The molecule has 0 aliphatic carbocycles. The third kappa shape index (κ3) is 2.70. The monoisotopic (exact) mass is 309 g/mol. The number of nitrogens with zero attached hydrogens (tertiary/aromatic N) is 1.